The van der Waals surface area contributed by atoms with Gasteiger partial charge in [-0.15, -0.1) is 0 Å². The number of esters is 1. The van der Waals surface area contributed by atoms with Crippen LogP contribution in [0.2, 0.25) is 0 Å². The quantitative estimate of drug-likeness (QED) is 0.560. The van der Waals surface area contributed by atoms with Gasteiger partial charge in [0.15, 0.2) is 0 Å². The first-order chi connectivity index (χ1) is 8.36. The van der Waals surface area contributed by atoms with Crippen LogP contribution in [0.15, 0.2) is 0 Å². The molecular formula is C10H16N2O6. The average Bonchev–Trinajstić information content (AvgIpc) is 2.26. The van der Waals surface area contributed by atoms with Gasteiger partial charge in [0.05, 0.1) is 7.11 Å². The first-order valence-electron chi connectivity index (χ1n) is 5.26. The third kappa shape index (κ3) is 7.20. The minimum absolute atomic E-state index is 0.0771. The van der Waals surface area contributed by atoms with E-state index in [2.05, 4.69) is 10.1 Å². The Labute approximate surface area is 104 Å². The molecule has 0 aliphatic rings. The van der Waals surface area contributed by atoms with Crippen LogP contribution in [0.3, 0.4) is 0 Å². The number of urea groups is 1. The summed E-state index contributed by atoms with van der Waals surface area (Å²) in [5.74, 6) is -2.25. The summed E-state index contributed by atoms with van der Waals surface area (Å²) in [5.41, 5.74) is 0. The second-order valence-corrected chi connectivity index (χ2v) is 3.51. The van der Waals surface area contributed by atoms with E-state index in [9.17, 15) is 19.2 Å². The van der Waals surface area contributed by atoms with Crippen LogP contribution >= 0.6 is 0 Å². The molecule has 0 bridgehead atoms. The summed E-state index contributed by atoms with van der Waals surface area (Å²) >= 11 is 0. The van der Waals surface area contributed by atoms with Gasteiger partial charge in [-0.2, -0.15) is 0 Å². The Morgan fingerprint density at radius 3 is 2.33 bits per heavy atom. The number of hydrogen-bond donors (Lipinski definition) is 3. The van der Waals surface area contributed by atoms with Crippen LogP contribution in [-0.2, 0) is 19.1 Å². The smallest absolute Gasteiger partial charge is 0.328 e. The molecule has 0 aliphatic heterocycles. The number of carbonyl (C=O) groups excluding carboxylic acids is 3. The van der Waals surface area contributed by atoms with Crippen molar-refractivity contribution in [1.82, 2.24) is 10.6 Å². The summed E-state index contributed by atoms with van der Waals surface area (Å²) < 4.78 is 4.38. The van der Waals surface area contributed by atoms with Gasteiger partial charge in [-0.05, 0) is 13.3 Å². The molecule has 3 amide bonds. The number of carboxylic acid groups (broad SMARTS) is 1. The third-order valence-corrected chi connectivity index (χ3v) is 1.95. The van der Waals surface area contributed by atoms with Crippen molar-refractivity contribution in [2.75, 3.05) is 7.11 Å². The Hall–Kier alpha value is -2.12. The van der Waals surface area contributed by atoms with E-state index in [1.165, 1.54) is 14.0 Å². The van der Waals surface area contributed by atoms with Crippen LogP contribution in [0.25, 0.3) is 0 Å². The fraction of sp³-hybridized carbons (Fsp3) is 0.600. The van der Waals surface area contributed by atoms with Crippen molar-refractivity contribution in [3.63, 3.8) is 0 Å². The van der Waals surface area contributed by atoms with E-state index in [1.807, 2.05) is 5.32 Å². The molecule has 0 rings (SSSR count). The summed E-state index contributed by atoms with van der Waals surface area (Å²) in [5, 5.41) is 12.5. The van der Waals surface area contributed by atoms with Crippen molar-refractivity contribution in [3.05, 3.63) is 0 Å². The highest BCUT2D eigenvalue weighted by molar-refractivity contribution is 5.95. The van der Waals surface area contributed by atoms with E-state index < -0.39 is 29.9 Å². The van der Waals surface area contributed by atoms with Crippen molar-refractivity contribution >= 4 is 23.9 Å². The molecule has 0 heterocycles. The molecule has 0 aromatic carbocycles. The molecule has 0 saturated carbocycles. The SMILES string of the molecule is COC(=O)C(C)NC(=O)NC(=O)CCCC(=O)O. The standard InChI is InChI=1S/C10H16N2O6/c1-6(9(16)18-2)11-10(17)12-7(13)4-3-5-8(14)15/h6H,3-5H2,1-2H3,(H,14,15)(H2,11,12,13,17). The summed E-state index contributed by atoms with van der Waals surface area (Å²) in [4.78, 5) is 43.5. The summed E-state index contributed by atoms with van der Waals surface area (Å²) in [6.45, 7) is 1.40. The molecule has 8 nitrogen and oxygen atoms in total. The Morgan fingerprint density at radius 1 is 1.22 bits per heavy atom. The van der Waals surface area contributed by atoms with Crippen molar-refractivity contribution in [3.8, 4) is 0 Å². The maximum Gasteiger partial charge on any atom is 0.328 e. The van der Waals surface area contributed by atoms with Gasteiger partial charge in [-0.1, -0.05) is 0 Å². The Kier molecular flexibility index (Phi) is 7.10. The number of methoxy groups -OCH3 is 1. The number of aliphatic carboxylic acids is 1. The minimum Gasteiger partial charge on any atom is -0.481 e. The molecule has 0 aromatic heterocycles. The van der Waals surface area contributed by atoms with Gasteiger partial charge >= 0.3 is 18.0 Å². The van der Waals surface area contributed by atoms with Gasteiger partial charge in [0, 0.05) is 12.8 Å². The van der Waals surface area contributed by atoms with E-state index in [1.54, 1.807) is 0 Å². The molecule has 0 aliphatic carbocycles. The monoisotopic (exact) mass is 260 g/mol. The molecule has 0 radical (unpaired) electrons. The second-order valence-electron chi connectivity index (χ2n) is 3.51. The largest absolute Gasteiger partial charge is 0.481 e. The third-order valence-electron chi connectivity index (χ3n) is 1.95. The van der Waals surface area contributed by atoms with Gasteiger partial charge in [-0.3, -0.25) is 14.9 Å². The van der Waals surface area contributed by atoms with Gasteiger partial charge in [0.2, 0.25) is 5.91 Å². The Balaban J connectivity index is 3.90. The molecule has 1 unspecified atom stereocenters. The van der Waals surface area contributed by atoms with Gasteiger partial charge < -0.3 is 15.2 Å². The topological polar surface area (TPSA) is 122 Å². The predicted octanol–water partition coefficient (Wildman–Crippen LogP) is -0.371. The Morgan fingerprint density at radius 2 is 1.83 bits per heavy atom. The van der Waals surface area contributed by atoms with E-state index in [4.69, 9.17) is 5.11 Å². The van der Waals surface area contributed by atoms with Crippen molar-refractivity contribution < 1.29 is 29.0 Å². The fourth-order valence-electron chi connectivity index (χ4n) is 1.06. The molecular weight excluding hydrogens is 244 g/mol. The van der Waals surface area contributed by atoms with Crippen LogP contribution in [0, 0.1) is 0 Å². The summed E-state index contributed by atoms with van der Waals surface area (Å²) in [6.07, 6.45) is -0.0824. The molecule has 18 heavy (non-hydrogen) atoms. The molecule has 3 N–H and O–H groups in total. The van der Waals surface area contributed by atoms with E-state index in [-0.39, 0.29) is 19.3 Å². The van der Waals surface area contributed by atoms with Gasteiger partial charge in [0.1, 0.15) is 6.04 Å². The van der Waals surface area contributed by atoms with Crippen LogP contribution in [0.4, 0.5) is 4.79 Å². The lowest BCUT2D eigenvalue weighted by Gasteiger charge is -2.11. The molecule has 8 heteroatoms. The number of imide groups is 1. The van der Waals surface area contributed by atoms with Crippen LogP contribution < -0.4 is 10.6 Å². The number of ether oxygens (including phenoxy) is 1. The number of hydrogen-bond acceptors (Lipinski definition) is 5. The zero-order chi connectivity index (χ0) is 14.1. The first kappa shape index (κ1) is 15.9. The fourth-order valence-corrected chi connectivity index (χ4v) is 1.06. The van der Waals surface area contributed by atoms with Crippen LogP contribution in [0.5, 0.6) is 0 Å². The van der Waals surface area contributed by atoms with Crippen LogP contribution in [-0.4, -0.2) is 42.1 Å². The normalized spacial score (nSPS) is 11.2. The van der Waals surface area contributed by atoms with Crippen molar-refractivity contribution in [1.29, 1.82) is 0 Å². The zero-order valence-corrected chi connectivity index (χ0v) is 10.2. The number of rotatable bonds is 6. The lowest BCUT2D eigenvalue weighted by Crippen LogP contribution is -2.46. The molecule has 0 spiro atoms. The lowest BCUT2D eigenvalue weighted by molar-refractivity contribution is -0.142. The van der Waals surface area contributed by atoms with Crippen molar-refractivity contribution in [2.24, 2.45) is 0 Å². The molecule has 1 atom stereocenters. The maximum absolute atomic E-state index is 11.2. The first-order valence-corrected chi connectivity index (χ1v) is 5.26. The highest BCUT2D eigenvalue weighted by Gasteiger charge is 2.16. The molecule has 0 fully saturated rings. The number of carbonyl (C=O) groups is 4. The number of nitrogens with one attached hydrogen (secondary N) is 2. The van der Waals surface area contributed by atoms with E-state index in [0.717, 1.165) is 0 Å². The second kappa shape index (κ2) is 8.04. The van der Waals surface area contributed by atoms with Gasteiger partial charge in [0.25, 0.3) is 0 Å². The van der Waals surface area contributed by atoms with E-state index in [0.29, 0.717) is 0 Å². The maximum atomic E-state index is 11.2. The van der Waals surface area contributed by atoms with Crippen LogP contribution in [0.1, 0.15) is 26.2 Å². The Bertz CT molecular complexity index is 341. The summed E-state index contributed by atoms with van der Waals surface area (Å²) in [7, 11) is 1.18. The lowest BCUT2D eigenvalue weighted by atomic mass is 10.2. The minimum atomic E-state index is -1.01. The molecule has 0 aromatic rings. The van der Waals surface area contributed by atoms with Crippen molar-refractivity contribution in [2.45, 2.75) is 32.2 Å². The number of amides is 3. The summed E-state index contributed by atoms with van der Waals surface area (Å²) in [6, 6.07) is -1.70. The predicted molar refractivity (Wildman–Crippen MR) is 59.6 cm³/mol. The van der Waals surface area contributed by atoms with E-state index >= 15 is 0 Å². The molecule has 0 saturated heterocycles. The molecule has 102 valence electrons. The highest BCUT2D eigenvalue weighted by atomic mass is 16.5. The number of carboxylic acids is 1. The van der Waals surface area contributed by atoms with Gasteiger partial charge in [-0.25, -0.2) is 9.59 Å². The highest BCUT2D eigenvalue weighted by Crippen LogP contribution is 1.95. The average molecular weight is 260 g/mol. The zero-order valence-electron chi connectivity index (χ0n) is 10.2.